The smallest absolute Gasteiger partial charge is 0.323 e. The lowest BCUT2D eigenvalue weighted by Crippen LogP contribution is -2.51. The Bertz CT molecular complexity index is 283. The lowest BCUT2D eigenvalue weighted by Gasteiger charge is -2.36. The number of nitrogens with one attached hydrogen (secondary N) is 1. The Morgan fingerprint density at radius 1 is 1.47 bits per heavy atom. The van der Waals surface area contributed by atoms with Gasteiger partial charge >= 0.3 is 5.97 Å². The molecule has 0 radical (unpaired) electrons. The molecule has 112 valence electrons. The van der Waals surface area contributed by atoms with Crippen LogP contribution in [0.3, 0.4) is 0 Å². The topological polar surface area (TPSA) is 41.6 Å². The van der Waals surface area contributed by atoms with Gasteiger partial charge in [-0.15, -0.1) is 0 Å². The summed E-state index contributed by atoms with van der Waals surface area (Å²) in [5.41, 5.74) is 0. The predicted molar refractivity (Wildman–Crippen MR) is 78.1 cm³/mol. The molecule has 19 heavy (non-hydrogen) atoms. The fourth-order valence-electron chi connectivity index (χ4n) is 2.86. The van der Waals surface area contributed by atoms with Crippen LogP contribution >= 0.6 is 0 Å². The summed E-state index contributed by atoms with van der Waals surface area (Å²) in [4.78, 5) is 14.3. The van der Waals surface area contributed by atoms with Crippen molar-refractivity contribution in [2.24, 2.45) is 11.8 Å². The molecule has 0 bridgehead atoms. The first-order chi connectivity index (χ1) is 8.99. The fourth-order valence-corrected chi connectivity index (χ4v) is 2.86. The van der Waals surface area contributed by atoms with E-state index in [0.29, 0.717) is 17.9 Å². The maximum atomic E-state index is 11.9. The van der Waals surface area contributed by atoms with E-state index in [1.807, 2.05) is 0 Å². The quantitative estimate of drug-likeness (QED) is 0.749. The molecule has 1 aliphatic heterocycles. The number of esters is 1. The van der Waals surface area contributed by atoms with Crippen molar-refractivity contribution >= 4 is 5.97 Å². The fraction of sp³-hybridized carbons (Fsp3) is 0.933. The van der Waals surface area contributed by atoms with E-state index in [0.717, 1.165) is 13.0 Å². The third-order valence-electron chi connectivity index (χ3n) is 4.48. The average Bonchev–Trinajstić information content (AvgIpc) is 2.42. The van der Waals surface area contributed by atoms with Crippen LogP contribution in [0.5, 0.6) is 0 Å². The third kappa shape index (κ3) is 4.77. The van der Waals surface area contributed by atoms with E-state index in [1.54, 1.807) is 0 Å². The Kier molecular flexibility index (Phi) is 6.80. The van der Waals surface area contributed by atoms with Crippen molar-refractivity contribution in [3.8, 4) is 0 Å². The summed E-state index contributed by atoms with van der Waals surface area (Å²) < 4.78 is 4.93. The summed E-state index contributed by atoms with van der Waals surface area (Å²) >= 11 is 0. The highest BCUT2D eigenvalue weighted by atomic mass is 16.5. The van der Waals surface area contributed by atoms with Gasteiger partial charge in [-0.2, -0.15) is 0 Å². The second-order valence-electron chi connectivity index (χ2n) is 6.01. The van der Waals surface area contributed by atoms with E-state index in [2.05, 4.69) is 38.0 Å². The molecule has 0 aromatic rings. The Morgan fingerprint density at radius 3 is 2.68 bits per heavy atom. The largest absolute Gasteiger partial charge is 0.468 e. The molecule has 0 aromatic heterocycles. The van der Waals surface area contributed by atoms with Gasteiger partial charge in [0.2, 0.25) is 0 Å². The van der Waals surface area contributed by atoms with Crippen LogP contribution in [0.25, 0.3) is 0 Å². The lowest BCUT2D eigenvalue weighted by atomic mass is 9.90. The predicted octanol–water partition coefficient (Wildman–Crippen LogP) is 1.89. The van der Waals surface area contributed by atoms with E-state index in [-0.39, 0.29) is 12.0 Å². The minimum atomic E-state index is -0.183. The molecule has 1 fully saturated rings. The molecule has 0 aliphatic carbocycles. The van der Waals surface area contributed by atoms with Gasteiger partial charge in [0.1, 0.15) is 6.04 Å². The molecule has 4 atom stereocenters. The highest BCUT2D eigenvalue weighted by molar-refractivity contribution is 5.76. The van der Waals surface area contributed by atoms with Crippen molar-refractivity contribution in [1.82, 2.24) is 10.2 Å². The van der Waals surface area contributed by atoms with Crippen LogP contribution in [-0.2, 0) is 9.53 Å². The van der Waals surface area contributed by atoms with Gasteiger partial charge in [0, 0.05) is 12.6 Å². The molecule has 0 saturated carbocycles. The number of carbonyl (C=O) groups excluding carboxylic acids is 1. The zero-order valence-corrected chi connectivity index (χ0v) is 13.1. The molecule has 1 saturated heterocycles. The van der Waals surface area contributed by atoms with Crippen LogP contribution in [-0.4, -0.2) is 50.2 Å². The maximum Gasteiger partial charge on any atom is 0.323 e. The van der Waals surface area contributed by atoms with E-state index in [1.165, 1.54) is 26.5 Å². The molecule has 0 aromatic carbocycles. The number of hydrogen-bond donors (Lipinski definition) is 1. The number of hydrogen-bond acceptors (Lipinski definition) is 4. The Morgan fingerprint density at radius 2 is 2.16 bits per heavy atom. The summed E-state index contributed by atoms with van der Waals surface area (Å²) in [5.74, 6) is 0.788. The number of likely N-dealkylation sites (tertiary alicyclic amines) is 1. The van der Waals surface area contributed by atoms with E-state index in [9.17, 15) is 4.79 Å². The lowest BCUT2D eigenvalue weighted by molar-refractivity contribution is -0.145. The molecular formula is C15H30N2O2. The molecule has 1 heterocycles. The first-order valence-electron chi connectivity index (χ1n) is 7.52. The molecule has 0 spiro atoms. The van der Waals surface area contributed by atoms with E-state index < -0.39 is 0 Å². The molecule has 4 nitrogen and oxygen atoms in total. The van der Waals surface area contributed by atoms with Gasteiger partial charge in [-0.05, 0) is 45.2 Å². The second-order valence-corrected chi connectivity index (χ2v) is 6.01. The van der Waals surface area contributed by atoms with Gasteiger partial charge in [-0.3, -0.25) is 4.79 Å². The Balaban J connectivity index is 2.59. The van der Waals surface area contributed by atoms with Crippen LogP contribution in [0.4, 0.5) is 0 Å². The number of ether oxygens (including phenoxy) is 1. The second kappa shape index (κ2) is 7.85. The normalized spacial score (nSPS) is 25.6. The third-order valence-corrected chi connectivity index (χ3v) is 4.48. The number of carbonyl (C=O) groups is 1. The maximum absolute atomic E-state index is 11.9. The van der Waals surface area contributed by atoms with Crippen LogP contribution < -0.4 is 5.32 Å². The molecule has 1 aliphatic rings. The molecule has 1 N–H and O–H groups in total. The van der Waals surface area contributed by atoms with E-state index in [4.69, 9.17) is 4.74 Å². The van der Waals surface area contributed by atoms with Gasteiger partial charge in [0.25, 0.3) is 0 Å². The highest BCUT2D eigenvalue weighted by Crippen LogP contribution is 2.20. The van der Waals surface area contributed by atoms with Crippen LogP contribution in [0.1, 0.15) is 40.0 Å². The van der Waals surface area contributed by atoms with Gasteiger partial charge in [0.05, 0.1) is 7.11 Å². The number of nitrogens with zero attached hydrogens (tertiary/aromatic N) is 1. The first-order valence-corrected chi connectivity index (χ1v) is 7.52. The molecule has 1 rings (SSSR count). The van der Waals surface area contributed by atoms with Gasteiger partial charge in [0.15, 0.2) is 0 Å². The average molecular weight is 270 g/mol. The van der Waals surface area contributed by atoms with Crippen molar-refractivity contribution in [3.63, 3.8) is 0 Å². The van der Waals surface area contributed by atoms with Crippen LogP contribution in [0, 0.1) is 11.8 Å². The van der Waals surface area contributed by atoms with Crippen LogP contribution in [0.15, 0.2) is 0 Å². The number of methoxy groups -OCH3 is 1. The van der Waals surface area contributed by atoms with Crippen molar-refractivity contribution < 1.29 is 9.53 Å². The minimum absolute atomic E-state index is 0.134. The molecule has 0 amide bonds. The van der Waals surface area contributed by atoms with Crippen molar-refractivity contribution in [2.45, 2.75) is 52.1 Å². The summed E-state index contributed by atoms with van der Waals surface area (Å²) in [6.07, 6.45) is 3.47. The van der Waals surface area contributed by atoms with Gasteiger partial charge < -0.3 is 15.0 Å². The zero-order valence-electron chi connectivity index (χ0n) is 13.1. The summed E-state index contributed by atoms with van der Waals surface area (Å²) in [6.45, 7) is 8.72. The Hall–Kier alpha value is -0.610. The SMILES string of the molecule is CCC(C)C(NC(C)C1CCCN(C)C1)C(=O)OC. The Labute approximate surface area is 117 Å². The van der Waals surface area contributed by atoms with Crippen LogP contribution in [0.2, 0.25) is 0 Å². The van der Waals surface area contributed by atoms with Crippen molar-refractivity contribution in [2.75, 3.05) is 27.2 Å². The number of rotatable bonds is 6. The van der Waals surface area contributed by atoms with Gasteiger partial charge in [-0.1, -0.05) is 20.3 Å². The van der Waals surface area contributed by atoms with Gasteiger partial charge in [-0.25, -0.2) is 0 Å². The molecule has 4 unspecified atom stereocenters. The number of piperidine rings is 1. The highest BCUT2D eigenvalue weighted by Gasteiger charge is 2.30. The minimum Gasteiger partial charge on any atom is -0.468 e. The monoisotopic (exact) mass is 270 g/mol. The summed E-state index contributed by atoms with van der Waals surface area (Å²) in [5, 5.41) is 3.51. The molecular weight excluding hydrogens is 240 g/mol. The zero-order chi connectivity index (χ0) is 14.4. The first kappa shape index (κ1) is 16.4. The van der Waals surface area contributed by atoms with E-state index >= 15 is 0 Å². The summed E-state index contributed by atoms with van der Waals surface area (Å²) in [7, 11) is 3.64. The standard InChI is InChI=1S/C15H30N2O2/c1-6-11(2)14(15(18)19-5)16-12(3)13-8-7-9-17(4)10-13/h11-14,16H,6-10H2,1-5H3. The van der Waals surface area contributed by atoms with Crippen molar-refractivity contribution in [3.05, 3.63) is 0 Å². The summed E-state index contributed by atoms with van der Waals surface area (Å²) in [6, 6.07) is 0.165. The molecule has 4 heteroatoms. The van der Waals surface area contributed by atoms with Crippen molar-refractivity contribution in [1.29, 1.82) is 0 Å².